The van der Waals surface area contributed by atoms with Crippen LogP contribution in [0.5, 0.6) is 5.75 Å². The normalized spacial score (nSPS) is 14.8. The van der Waals surface area contributed by atoms with Crippen molar-refractivity contribution >= 4 is 15.9 Å². The smallest absolute Gasteiger partial charge is 0.134 e. The molecule has 0 aliphatic rings. The molecule has 0 radical (unpaired) electrons. The zero-order valence-corrected chi connectivity index (χ0v) is 10.9. The number of nitrogens with two attached hydrogens (primary N) is 1. The number of halogens is 1. The second-order valence-electron chi connectivity index (χ2n) is 3.91. The first-order valence-electron chi connectivity index (χ1n) is 5.49. The van der Waals surface area contributed by atoms with E-state index < -0.39 is 12.1 Å². The third-order valence-electron chi connectivity index (χ3n) is 2.65. The fraction of sp³-hybridized carbons (Fsp3) is 0.500. The molecule has 90 valence electrons. The fourth-order valence-corrected chi connectivity index (χ4v) is 1.98. The van der Waals surface area contributed by atoms with Gasteiger partial charge in [-0.15, -0.1) is 0 Å². The molecule has 0 aliphatic heterocycles. The number of rotatable bonds is 5. The van der Waals surface area contributed by atoms with E-state index in [2.05, 4.69) is 22.9 Å². The van der Waals surface area contributed by atoms with E-state index in [1.54, 1.807) is 18.2 Å². The number of hydrogen-bond donors (Lipinski definition) is 3. The Bertz CT molecular complexity index is 344. The maximum Gasteiger partial charge on any atom is 0.134 e. The molecule has 0 unspecified atom stereocenters. The van der Waals surface area contributed by atoms with Crippen LogP contribution < -0.4 is 5.73 Å². The molecular formula is C12H18BrNO2. The maximum atomic E-state index is 9.87. The summed E-state index contributed by atoms with van der Waals surface area (Å²) in [7, 11) is 0. The SMILES string of the molecule is CCCC[C@H](O)[C@H](N)c1cccc(Br)c1O. The number of unbranched alkanes of at least 4 members (excludes halogenated alkanes) is 1. The summed E-state index contributed by atoms with van der Waals surface area (Å²) in [6, 6.07) is 4.74. The van der Waals surface area contributed by atoms with Crippen molar-refractivity contribution in [3.05, 3.63) is 28.2 Å². The molecule has 1 aromatic carbocycles. The molecule has 0 bridgehead atoms. The summed E-state index contributed by atoms with van der Waals surface area (Å²) in [4.78, 5) is 0. The molecule has 3 nitrogen and oxygen atoms in total. The number of hydrogen-bond acceptors (Lipinski definition) is 3. The lowest BCUT2D eigenvalue weighted by molar-refractivity contribution is 0.131. The van der Waals surface area contributed by atoms with Crippen LogP contribution in [0.25, 0.3) is 0 Å². The molecule has 0 aliphatic carbocycles. The molecule has 4 N–H and O–H groups in total. The molecule has 2 atom stereocenters. The van der Waals surface area contributed by atoms with Crippen LogP contribution in [0.15, 0.2) is 22.7 Å². The molecule has 0 saturated heterocycles. The summed E-state index contributed by atoms with van der Waals surface area (Å²) < 4.78 is 0.600. The molecule has 0 fully saturated rings. The number of phenols is 1. The van der Waals surface area contributed by atoms with Gasteiger partial charge in [0.05, 0.1) is 16.6 Å². The van der Waals surface area contributed by atoms with E-state index >= 15 is 0 Å². The van der Waals surface area contributed by atoms with Crippen LogP contribution >= 0.6 is 15.9 Å². The lowest BCUT2D eigenvalue weighted by Gasteiger charge is -2.20. The molecule has 4 heteroatoms. The summed E-state index contributed by atoms with van der Waals surface area (Å²) in [6.07, 6.45) is 2.00. The molecule has 0 heterocycles. The first-order valence-corrected chi connectivity index (χ1v) is 6.28. The Morgan fingerprint density at radius 2 is 2.12 bits per heavy atom. The number of para-hydroxylation sites is 1. The van der Waals surface area contributed by atoms with Crippen molar-refractivity contribution in [3.63, 3.8) is 0 Å². The van der Waals surface area contributed by atoms with Crippen LogP contribution in [-0.4, -0.2) is 16.3 Å². The van der Waals surface area contributed by atoms with Gasteiger partial charge < -0.3 is 15.9 Å². The highest BCUT2D eigenvalue weighted by Crippen LogP contribution is 2.32. The lowest BCUT2D eigenvalue weighted by atomic mass is 9.98. The number of aromatic hydroxyl groups is 1. The van der Waals surface area contributed by atoms with Crippen molar-refractivity contribution in [2.24, 2.45) is 5.73 Å². The zero-order chi connectivity index (χ0) is 12.1. The van der Waals surface area contributed by atoms with Gasteiger partial charge in [-0.3, -0.25) is 0 Å². The average Bonchev–Trinajstić information content (AvgIpc) is 2.28. The standard InChI is InChI=1S/C12H18BrNO2/c1-2-3-7-10(15)11(14)8-5-4-6-9(13)12(8)16/h4-6,10-11,15-16H,2-3,7,14H2,1H3/t10-,11+/m0/s1. The topological polar surface area (TPSA) is 66.5 Å². The van der Waals surface area contributed by atoms with Gasteiger partial charge >= 0.3 is 0 Å². The predicted octanol–water partition coefficient (Wildman–Crippen LogP) is 2.71. The van der Waals surface area contributed by atoms with E-state index in [0.717, 1.165) is 12.8 Å². The van der Waals surface area contributed by atoms with Crippen LogP contribution in [0.4, 0.5) is 0 Å². The van der Waals surface area contributed by atoms with Crippen molar-refractivity contribution in [3.8, 4) is 5.75 Å². The minimum atomic E-state index is -0.611. The third-order valence-corrected chi connectivity index (χ3v) is 3.28. The van der Waals surface area contributed by atoms with Crippen LogP contribution in [0.3, 0.4) is 0 Å². The Kier molecular flexibility index (Phi) is 5.25. The Morgan fingerprint density at radius 1 is 1.44 bits per heavy atom. The molecule has 0 saturated carbocycles. The molecule has 1 aromatic rings. The minimum Gasteiger partial charge on any atom is -0.506 e. The number of benzene rings is 1. The van der Waals surface area contributed by atoms with E-state index in [9.17, 15) is 10.2 Å². The molecule has 0 amide bonds. The van der Waals surface area contributed by atoms with Gasteiger partial charge in [0.1, 0.15) is 5.75 Å². The van der Waals surface area contributed by atoms with Crippen LogP contribution in [0.2, 0.25) is 0 Å². The van der Waals surface area contributed by atoms with Crippen LogP contribution in [0, 0.1) is 0 Å². The van der Waals surface area contributed by atoms with Crippen LogP contribution in [-0.2, 0) is 0 Å². The second-order valence-corrected chi connectivity index (χ2v) is 4.77. The Labute approximate surface area is 104 Å². The van der Waals surface area contributed by atoms with Gasteiger partial charge in [-0.2, -0.15) is 0 Å². The molecule has 0 spiro atoms. The number of phenolic OH excluding ortho intramolecular Hbond substituents is 1. The van der Waals surface area contributed by atoms with Crippen molar-refractivity contribution in [1.29, 1.82) is 0 Å². The quantitative estimate of drug-likeness (QED) is 0.780. The second kappa shape index (κ2) is 6.23. The van der Waals surface area contributed by atoms with Crippen molar-refractivity contribution < 1.29 is 10.2 Å². The average molecular weight is 288 g/mol. The Balaban J connectivity index is 2.79. The highest BCUT2D eigenvalue weighted by atomic mass is 79.9. The number of aliphatic hydroxyl groups excluding tert-OH is 1. The first kappa shape index (κ1) is 13.5. The fourth-order valence-electron chi connectivity index (χ4n) is 1.60. The third kappa shape index (κ3) is 3.20. The molecule has 1 rings (SSSR count). The van der Waals surface area contributed by atoms with Gasteiger partial charge in [0.25, 0.3) is 0 Å². The van der Waals surface area contributed by atoms with Crippen LogP contribution in [0.1, 0.15) is 37.8 Å². The van der Waals surface area contributed by atoms with Crippen molar-refractivity contribution in [1.82, 2.24) is 0 Å². The summed E-state index contributed by atoms with van der Waals surface area (Å²) in [5, 5.41) is 19.7. The highest BCUT2D eigenvalue weighted by Gasteiger charge is 2.20. The van der Waals surface area contributed by atoms with Gasteiger partial charge in [0.2, 0.25) is 0 Å². The minimum absolute atomic E-state index is 0.116. The summed E-state index contributed by atoms with van der Waals surface area (Å²) in [5.41, 5.74) is 6.50. The number of aliphatic hydroxyl groups is 1. The highest BCUT2D eigenvalue weighted by molar-refractivity contribution is 9.10. The van der Waals surface area contributed by atoms with E-state index in [0.29, 0.717) is 16.5 Å². The Hall–Kier alpha value is -0.580. The molecular weight excluding hydrogens is 270 g/mol. The zero-order valence-electron chi connectivity index (χ0n) is 9.36. The lowest BCUT2D eigenvalue weighted by Crippen LogP contribution is -2.26. The van der Waals surface area contributed by atoms with Crippen molar-refractivity contribution in [2.45, 2.75) is 38.3 Å². The summed E-state index contributed by atoms with van der Waals surface area (Å²) in [5.74, 6) is 0.116. The van der Waals surface area contributed by atoms with Gasteiger partial charge in [0.15, 0.2) is 0 Å². The van der Waals surface area contributed by atoms with E-state index in [-0.39, 0.29) is 5.75 Å². The Morgan fingerprint density at radius 3 is 2.75 bits per heavy atom. The predicted molar refractivity (Wildman–Crippen MR) is 68.3 cm³/mol. The maximum absolute atomic E-state index is 9.87. The largest absolute Gasteiger partial charge is 0.506 e. The van der Waals surface area contributed by atoms with Crippen molar-refractivity contribution in [2.75, 3.05) is 0 Å². The monoisotopic (exact) mass is 287 g/mol. The summed E-state index contributed by atoms with van der Waals surface area (Å²) in [6.45, 7) is 2.06. The van der Waals surface area contributed by atoms with Gasteiger partial charge in [-0.1, -0.05) is 31.9 Å². The first-order chi connectivity index (χ1) is 7.57. The van der Waals surface area contributed by atoms with E-state index in [1.165, 1.54) is 0 Å². The van der Waals surface area contributed by atoms with Gasteiger partial charge in [0, 0.05) is 5.56 Å². The molecule has 0 aromatic heterocycles. The van der Waals surface area contributed by atoms with E-state index in [1.807, 2.05) is 0 Å². The summed E-state index contributed by atoms with van der Waals surface area (Å²) >= 11 is 3.23. The van der Waals surface area contributed by atoms with E-state index in [4.69, 9.17) is 5.73 Å². The molecule has 16 heavy (non-hydrogen) atoms. The van der Waals surface area contributed by atoms with Gasteiger partial charge in [-0.05, 0) is 28.4 Å². The van der Waals surface area contributed by atoms with Gasteiger partial charge in [-0.25, -0.2) is 0 Å².